The second-order valence-electron chi connectivity index (χ2n) is 3.01. The van der Waals surface area contributed by atoms with Crippen LogP contribution in [0.1, 0.15) is 38.3 Å². The largest absolute Gasteiger partial charge is 0.160 e. The maximum atomic E-state index is 12.3. The van der Waals surface area contributed by atoms with Gasteiger partial charge in [0.05, 0.1) is 12.1 Å². The Balaban J connectivity index is 0.000000921. The van der Waals surface area contributed by atoms with E-state index in [1.807, 2.05) is 32.9 Å². The summed E-state index contributed by atoms with van der Waals surface area (Å²) in [6.07, 6.45) is 0.932. The molecule has 0 amide bonds. The lowest BCUT2D eigenvalue weighted by Crippen LogP contribution is -1.84. The van der Waals surface area contributed by atoms with Gasteiger partial charge in [-0.05, 0) is 36.1 Å². The Morgan fingerprint density at radius 1 is 1.40 bits per heavy atom. The summed E-state index contributed by atoms with van der Waals surface area (Å²) in [5, 5.41) is 0. The second-order valence-corrected chi connectivity index (χ2v) is 3.61. The summed E-state index contributed by atoms with van der Waals surface area (Å²) in [5.74, 6) is 0. The molecule has 0 aromatic heterocycles. The van der Waals surface area contributed by atoms with Crippen LogP contribution in [0.5, 0.6) is 0 Å². The van der Waals surface area contributed by atoms with Gasteiger partial charge in [0.2, 0.25) is 0 Å². The smallest absolute Gasteiger partial charge is 0.0814 e. The van der Waals surface area contributed by atoms with Crippen molar-refractivity contribution in [1.82, 2.24) is 0 Å². The molecule has 0 aliphatic heterocycles. The summed E-state index contributed by atoms with van der Waals surface area (Å²) in [5.41, 5.74) is 3.18. The zero-order valence-corrected chi connectivity index (χ0v) is 10.7. The summed E-state index contributed by atoms with van der Waals surface area (Å²) in [4.78, 5) is 0.688. The lowest BCUT2D eigenvalue weighted by Gasteiger charge is -2.05. The van der Waals surface area contributed by atoms with Crippen molar-refractivity contribution in [3.8, 4) is 0 Å². The van der Waals surface area contributed by atoms with Crippen molar-refractivity contribution in [3.05, 3.63) is 35.9 Å². The van der Waals surface area contributed by atoms with Crippen LogP contribution in [-0.4, -0.2) is 0 Å². The average molecular weight is 226 g/mol. The van der Waals surface area contributed by atoms with Crippen molar-refractivity contribution in [2.24, 2.45) is 0 Å². The van der Waals surface area contributed by atoms with Crippen molar-refractivity contribution >= 4 is 17.7 Å². The predicted molar refractivity (Wildman–Crippen MR) is 68.8 cm³/mol. The normalized spacial score (nSPS) is 9.13. The van der Waals surface area contributed by atoms with E-state index < -0.39 is 0 Å². The van der Waals surface area contributed by atoms with E-state index in [2.05, 4.69) is 13.5 Å². The molecule has 0 bridgehead atoms. The molecule has 2 heteroatoms. The SMILES string of the molecule is C=C(CC)c1ccc(SF)c(C)c1.CC. The Morgan fingerprint density at radius 3 is 2.40 bits per heavy atom. The zero-order chi connectivity index (χ0) is 11.8. The molecule has 0 radical (unpaired) electrons. The number of halogens is 1. The molecule has 1 aromatic rings. The first-order valence-electron chi connectivity index (χ1n) is 5.26. The lowest BCUT2D eigenvalue weighted by atomic mass is 10.0. The Morgan fingerprint density at radius 2 is 2.00 bits per heavy atom. The van der Waals surface area contributed by atoms with Gasteiger partial charge in [-0.15, -0.1) is 0 Å². The van der Waals surface area contributed by atoms with Gasteiger partial charge in [-0.2, -0.15) is 3.89 Å². The third-order valence-corrected chi connectivity index (χ3v) is 2.72. The third kappa shape index (κ3) is 4.08. The highest BCUT2D eigenvalue weighted by Crippen LogP contribution is 2.26. The summed E-state index contributed by atoms with van der Waals surface area (Å²) in [6.45, 7) is 11.9. The Hall–Kier alpha value is -0.760. The van der Waals surface area contributed by atoms with Crippen LogP contribution in [0.2, 0.25) is 0 Å². The minimum absolute atomic E-state index is 0.294. The van der Waals surface area contributed by atoms with E-state index in [0.717, 1.165) is 23.1 Å². The van der Waals surface area contributed by atoms with Crippen LogP contribution in [-0.2, 0) is 0 Å². The number of benzene rings is 1. The van der Waals surface area contributed by atoms with E-state index in [4.69, 9.17) is 0 Å². The molecule has 0 heterocycles. The van der Waals surface area contributed by atoms with Gasteiger partial charge in [0.15, 0.2) is 0 Å². The van der Waals surface area contributed by atoms with Crippen LogP contribution >= 0.6 is 12.1 Å². The molecule has 84 valence electrons. The number of hydrogen-bond acceptors (Lipinski definition) is 1. The number of rotatable bonds is 3. The highest BCUT2D eigenvalue weighted by molar-refractivity contribution is 7.94. The first kappa shape index (κ1) is 14.2. The molecule has 1 aromatic carbocycles. The van der Waals surface area contributed by atoms with Crippen LogP contribution in [0.25, 0.3) is 5.57 Å². The minimum atomic E-state index is 0.294. The molecular weight excluding hydrogens is 207 g/mol. The molecule has 1 rings (SSSR count). The van der Waals surface area contributed by atoms with E-state index in [0.29, 0.717) is 17.0 Å². The maximum Gasteiger partial charge on any atom is 0.0814 e. The molecule has 0 saturated heterocycles. The van der Waals surface area contributed by atoms with Gasteiger partial charge >= 0.3 is 0 Å². The number of aryl methyl sites for hydroxylation is 1. The average Bonchev–Trinajstić information content (AvgIpc) is 2.30. The summed E-state index contributed by atoms with van der Waals surface area (Å²) < 4.78 is 12.3. The monoisotopic (exact) mass is 226 g/mol. The third-order valence-electron chi connectivity index (χ3n) is 2.09. The van der Waals surface area contributed by atoms with Crippen LogP contribution in [0.15, 0.2) is 29.7 Å². The van der Waals surface area contributed by atoms with Gasteiger partial charge in [-0.1, -0.05) is 39.5 Å². The molecule has 15 heavy (non-hydrogen) atoms. The van der Waals surface area contributed by atoms with Gasteiger partial charge in [0.1, 0.15) is 0 Å². The summed E-state index contributed by atoms with van der Waals surface area (Å²) in [6, 6.07) is 5.70. The van der Waals surface area contributed by atoms with Crippen molar-refractivity contribution < 1.29 is 3.89 Å². The number of allylic oxidation sites excluding steroid dienone is 1. The molecule has 0 aliphatic rings. The quantitative estimate of drug-likeness (QED) is 0.663. The topological polar surface area (TPSA) is 0 Å². The Kier molecular flexibility index (Phi) is 7.14. The van der Waals surface area contributed by atoms with Gasteiger partial charge < -0.3 is 0 Å². The van der Waals surface area contributed by atoms with Gasteiger partial charge in [0.25, 0.3) is 0 Å². The zero-order valence-electron chi connectivity index (χ0n) is 9.93. The first-order chi connectivity index (χ1) is 7.19. The van der Waals surface area contributed by atoms with Crippen LogP contribution in [0, 0.1) is 6.92 Å². The fraction of sp³-hybridized carbons (Fsp3) is 0.385. The summed E-state index contributed by atoms with van der Waals surface area (Å²) >= 11 is 0.294. The number of hydrogen-bond donors (Lipinski definition) is 0. The van der Waals surface area contributed by atoms with Crippen molar-refractivity contribution in [2.45, 2.75) is 39.0 Å². The van der Waals surface area contributed by atoms with Crippen LogP contribution in [0.3, 0.4) is 0 Å². The molecule has 0 saturated carbocycles. The van der Waals surface area contributed by atoms with E-state index in [1.54, 1.807) is 6.07 Å². The minimum Gasteiger partial charge on any atom is -0.160 e. The molecule has 0 fully saturated rings. The second kappa shape index (κ2) is 7.52. The molecule has 0 unspecified atom stereocenters. The molecule has 0 nitrogen and oxygen atoms in total. The van der Waals surface area contributed by atoms with Gasteiger partial charge in [-0.3, -0.25) is 0 Å². The van der Waals surface area contributed by atoms with Crippen LogP contribution < -0.4 is 0 Å². The van der Waals surface area contributed by atoms with E-state index >= 15 is 0 Å². The lowest BCUT2D eigenvalue weighted by molar-refractivity contribution is 0.931. The molecule has 0 atom stereocenters. The highest BCUT2D eigenvalue weighted by atomic mass is 32.2. The van der Waals surface area contributed by atoms with E-state index in [1.165, 1.54) is 0 Å². The molecule has 0 spiro atoms. The van der Waals surface area contributed by atoms with Crippen LogP contribution in [0.4, 0.5) is 3.89 Å². The molecular formula is C13H19FS. The Labute approximate surface area is 96.9 Å². The van der Waals surface area contributed by atoms with Crippen molar-refractivity contribution in [2.75, 3.05) is 0 Å². The van der Waals surface area contributed by atoms with Crippen molar-refractivity contribution in [1.29, 1.82) is 0 Å². The standard InChI is InChI=1S/C11H13FS.C2H6/c1-4-8(2)10-5-6-11(13-12)9(3)7-10;1-2/h5-7H,2,4H2,1,3H3;1-2H3. The first-order valence-corrected chi connectivity index (χ1v) is 5.98. The maximum absolute atomic E-state index is 12.3. The van der Waals surface area contributed by atoms with Crippen molar-refractivity contribution in [3.63, 3.8) is 0 Å². The van der Waals surface area contributed by atoms with E-state index in [9.17, 15) is 3.89 Å². The van der Waals surface area contributed by atoms with Gasteiger partial charge in [-0.25, -0.2) is 0 Å². The molecule has 0 aliphatic carbocycles. The fourth-order valence-electron chi connectivity index (χ4n) is 1.16. The fourth-order valence-corrected chi connectivity index (χ4v) is 1.46. The highest BCUT2D eigenvalue weighted by Gasteiger charge is 2.02. The van der Waals surface area contributed by atoms with Gasteiger partial charge in [0, 0.05) is 4.90 Å². The van der Waals surface area contributed by atoms with E-state index in [-0.39, 0.29) is 0 Å². The summed E-state index contributed by atoms with van der Waals surface area (Å²) in [7, 11) is 0. The Bertz CT molecular complexity index is 318. The molecule has 0 N–H and O–H groups in total. The predicted octanol–water partition coefficient (Wildman–Crippen LogP) is 5.42.